The summed E-state index contributed by atoms with van der Waals surface area (Å²) in [5.74, 6) is 0.983. The van der Waals surface area contributed by atoms with Crippen LogP contribution in [-0.4, -0.2) is 43.8 Å². The second kappa shape index (κ2) is 4.40. The van der Waals surface area contributed by atoms with E-state index in [9.17, 15) is 0 Å². The summed E-state index contributed by atoms with van der Waals surface area (Å²) < 4.78 is 5.33. The lowest BCUT2D eigenvalue weighted by molar-refractivity contribution is 0.0155. The van der Waals surface area contributed by atoms with Gasteiger partial charge >= 0.3 is 0 Å². The zero-order chi connectivity index (χ0) is 9.10. The summed E-state index contributed by atoms with van der Waals surface area (Å²) in [7, 11) is 0. The first-order chi connectivity index (χ1) is 6.40. The fraction of sp³-hybridized carbons (Fsp3) is 1.00. The number of rotatable bonds is 4. The zero-order valence-electron chi connectivity index (χ0n) is 8.24. The fourth-order valence-electron chi connectivity index (χ4n) is 2.08. The van der Waals surface area contributed by atoms with E-state index in [4.69, 9.17) is 10.5 Å². The van der Waals surface area contributed by atoms with Crippen LogP contribution in [0.3, 0.4) is 0 Å². The maximum absolute atomic E-state index is 5.80. The Labute approximate surface area is 80.2 Å². The minimum absolute atomic E-state index is 0.622. The van der Waals surface area contributed by atoms with Crippen molar-refractivity contribution < 1.29 is 4.74 Å². The molecule has 1 unspecified atom stereocenters. The van der Waals surface area contributed by atoms with Gasteiger partial charge in [0.25, 0.3) is 0 Å². The van der Waals surface area contributed by atoms with Gasteiger partial charge in [0, 0.05) is 25.7 Å². The van der Waals surface area contributed by atoms with E-state index in [-0.39, 0.29) is 0 Å². The highest BCUT2D eigenvalue weighted by Gasteiger charge is 2.28. The maximum atomic E-state index is 5.80. The third kappa shape index (κ3) is 2.66. The Hall–Kier alpha value is -0.120. The van der Waals surface area contributed by atoms with E-state index in [0.717, 1.165) is 38.8 Å². The highest BCUT2D eigenvalue weighted by Crippen LogP contribution is 2.34. The Morgan fingerprint density at radius 2 is 2.00 bits per heavy atom. The summed E-state index contributed by atoms with van der Waals surface area (Å²) in [6.45, 7) is 4.75. The maximum Gasteiger partial charge on any atom is 0.0594 e. The zero-order valence-corrected chi connectivity index (χ0v) is 8.24. The first-order valence-corrected chi connectivity index (χ1v) is 5.42. The molecule has 0 radical (unpaired) electrons. The van der Waals surface area contributed by atoms with E-state index < -0.39 is 0 Å². The van der Waals surface area contributed by atoms with Crippen LogP contribution >= 0.6 is 0 Å². The quantitative estimate of drug-likeness (QED) is 0.689. The van der Waals surface area contributed by atoms with Crippen LogP contribution < -0.4 is 5.73 Å². The molecule has 1 atom stereocenters. The van der Waals surface area contributed by atoms with Crippen molar-refractivity contribution in [2.45, 2.75) is 25.3 Å². The molecular weight excluding hydrogens is 164 g/mol. The van der Waals surface area contributed by atoms with Crippen LogP contribution in [0.4, 0.5) is 0 Å². The lowest BCUT2D eigenvalue weighted by Crippen LogP contribution is -2.47. The summed E-state index contributed by atoms with van der Waals surface area (Å²) in [6, 6.07) is 0.622. The molecule has 2 N–H and O–H groups in total. The Morgan fingerprint density at radius 3 is 2.54 bits per heavy atom. The Kier molecular flexibility index (Phi) is 3.19. The van der Waals surface area contributed by atoms with Gasteiger partial charge in [0.15, 0.2) is 0 Å². The van der Waals surface area contributed by atoms with Gasteiger partial charge < -0.3 is 10.5 Å². The number of nitrogens with two attached hydrogens (primary N) is 1. The molecule has 0 aromatic carbocycles. The molecule has 2 fully saturated rings. The van der Waals surface area contributed by atoms with Gasteiger partial charge in [0.1, 0.15) is 0 Å². The predicted molar refractivity (Wildman–Crippen MR) is 52.6 cm³/mol. The number of ether oxygens (including phenoxy) is 1. The van der Waals surface area contributed by atoms with Crippen LogP contribution in [0.2, 0.25) is 0 Å². The Bertz CT molecular complexity index is 153. The number of hydrogen-bond donors (Lipinski definition) is 1. The third-order valence-electron chi connectivity index (χ3n) is 3.14. The molecule has 1 heterocycles. The minimum Gasteiger partial charge on any atom is -0.379 e. The average molecular weight is 184 g/mol. The van der Waals surface area contributed by atoms with Crippen LogP contribution in [0.5, 0.6) is 0 Å². The van der Waals surface area contributed by atoms with Crippen LogP contribution in [0, 0.1) is 5.92 Å². The molecule has 0 bridgehead atoms. The lowest BCUT2D eigenvalue weighted by atomic mass is 10.1. The molecule has 1 saturated heterocycles. The highest BCUT2D eigenvalue weighted by molar-refractivity contribution is 4.83. The monoisotopic (exact) mass is 184 g/mol. The summed E-state index contributed by atoms with van der Waals surface area (Å²) >= 11 is 0. The van der Waals surface area contributed by atoms with Gasteiger partial charge in [0.2, 0.25) is 0 Å². The summed E-state index contributed by atoms with van der Waals surface area (Å²) in [5.41, 5.74) is 5.80. The standard InChI is InChI=1S/C10H20N2O/c11-8-10(7-9-1-2-9)12-3-5-13-6-4-12/h9-10H,1-8,11H2. The van der Waals surface area contributed by atoms with Crippen molar-refractivity contribution >= 4 is 0 Å². The fourth-order valence-corrected chi connectivity index (χ4v) is 2.08. The van der Waals surface area contributed by atoms with Gasteiger partial charge in [-0.05, 0) is 12.3 Å². The smallest absolute Gasteiger partial charge is 0.0594 e. The molecule has 0 aromatic heterocycles. The van der Waals surface area contributed by atoms with Gasteiger partial charge in [-0.25, -0.2) is 0 Å². The van der Waals surface area contributed by atoms with Gasteiger partial charge in [-0.2, -0.15) is 0 Å². The molecule has 2 aliphatic rings. The molecular formula is C10H20N2O. The molecule has 0 spiro atoms. The molecule has 13 heavy (non-hydrogen) atoms. The first kappa shape index (κ1) is 9.44. The molecule has 1 aliphatic carbocycles. The van der Waals surface area contributed by atoms with E-state index >= 15 is 0 Å². The molecule has 1 aliphatic heterocycles. The summed E-state index contributed by atoms with van der Waals surface area (Å²) in [5, 5.41) is 0. The molecule has 1 saturated carbocycles. The SMILES string of the molecule is NCC(CC1CC1)N1CCOCC1. The van der Waals surface area contributed by atoms with Crippen molar-refractivity contribution in [2.75, 3.05) is 32.8 Å². The molecule has 2 rings (SSSR count). The van der Waals surface area contributed by atoms with Crippen molar-refractivity contribution in [3.63, 3.8) is 0 Å². The normalized spacial score (nSPS) is 27.5. The minimum atomic E-state index is 0.622. The molecule has 0 amide bonds. The van der Waals surface area contributed by atoms with Gasteiger partial charge in [0.05, 0.1) is 13.2 Å². The van der Waals surface area contributed by atoms with E-state index in [1.165, 1.54) is 19.3 Å². The topological polar surface area (TPSA) is 38.5 Å². The largest absolute Gasteiger partial charge is 0.379 e. The van der Waals surface area contributed by atoms with Gasteiger partial charge in [-0.15, -0.1) is 0 Å². The van der Waals surface area contributed by atoms with E-state index in [0.29, 0.717) is 6.04 Å². The van der Waals surface area contributed by atoms with Crippen LogP contribution in [0.25, 0.3) is 0 Å². The van der Waals surface area contributed by atoms with Crippen LogP contribution in [0.1, 0.15) is 19.3 Å². The molecule has 3 nitrogen and oxygen atoms in total. The highest BCUT2D eigenvalue weighted by atomic mass is 16.5. The van der Waals surface area contributed by atoms with Crippen molar-refractivity contribution in [1.29, 1.82) is 0 Å². The van der Waals surface area contributed by atoms with E-state index in [1.54, 1.807) is 0 Å². The van der Waals surface area contributed by atoms with Crippen molar-refractivity contribution in [1.82, 2.24) is 4.90 Å². The lowest BCUT2D eigenvalue weighted by Gasteiger charge is -2.33. The number of nitrogens with zero attached hydrogens (tertiary/aromatic N) is 1. The second-order valence-corrected chi connectivity index (χ2v) is 4.22. The Balaban J connectivity index is 1.78. The van der Waals surface area contributed by atoms with Crippen LogP contribution in [-0.2, 0) is 4.74 Å². The third-order valence-corrected chi connectivity index (χ3v) is 3.14. The summed E-state index contributed by atoms with van der Waals surface area (Å²) in [6.07, 6.45) is 4.18. The molecule has 76 valence electrons. The molecule has 0 aromatic rings. The van der Waals surface area contributed by atoms with Crippen LogP contribution in [0.15, 0.2) is 0 Å². The number of morpholine rings is 1. The van der Waals surface area contributed by atoms with Crippen molar-refractivity contribution in [3.8, 4) is 0 Å². The van der Waals surface area contributed by atoms with Crippen molar-refractivity contribution in [2.24, 2.45) is 11.7 Å². The van der Waals surface area contributed by atoms with E-state index in [1.807, 2.05) is 0 Å². The van der Waals surface area contributed by atoms with E-state index in [2.05, 4.69) is 4.90 Å². The first-order valence-electron chi connectivity index (χ1n) is 5.42. The number of hydrogen-bond acceptors (Lipinski definition) is 3. The van der Waals surface area contributed by atoms with Gasteiger partial charge in [-0.1, -0.05) is 12.8 Å². The predicted octanol–water partition coefficient (Wildman–Crippen LogP) is 0.446. The van der Waals surface area contributed by atoms with Crippen molar-refractivity contribution in [3.05, 3.63) is 0 Å². The average Bonchev–Trinajstić information content (AvgIpc) is 2.99. The second-order valence-electron chi connectivity index (χ2n) is 4.22. The molecule has 3 heteroatoms. The summed E-state index contributed by atoms with van der Waals surface area (Å²) in [4.78, 5) is 2.50. The Morgan fingerprint density at radius 1 is 1.31 bits per heavy atom. The van der Waals surface area contributed by atoms with Gasteiger partial charge in [-0.3, -0.25) is 4.90 Å².